The van der Waals surface area contributed by atoms with Crippen molar-refractivity contribution in [1.82, 2.24) is 20.0 Å². The minimum atomic E-state index is -0.0788. The number of nitrogens with one attached hydrogen (secondary N) is 1. The summed E-state index contributed by atoms with van der Waals surface area (Å²) >= 11 is 1.70. The van der Waals surface area contributed by atoms with Gasteiger partial charge in [-0.2, -0.15) is 5.10 Å². The summed E-state index contributed by atoms with van der Waals surface area (Å²) in [4.78, 5) is 27.5. The molecule has 0 radical (unpaired) electrons. The molecule has 1 N–H and O–H groups in total. The maximum Gasteiger partial charge on any atom is 0.241 e. The molecule has 0 aliphatic carbocycles. The lowest BCUT2D eigenvalue weighted by Crippen LogP contribution is -2.36. The zero-order valence-electron chi connectivity index (χ0n) is 15.8. The molecule has 1 atom stereocenters. The second-order valence-electron chi connectivity index (χ2n) is 7.89. The first-order valence-corrected chi connectivity index (χ1v) is 10.2. The molecule has 1 fully saturated rings. The molecule has 2 aliphatic rings. The van der Waals surface area contributed by atoms with Crippen molar-refractivity contribution in [1.29, 1.82) is 0 Å². The Morgan fingerprint density at radius 2 is 2.15 bits per heavy atom. The van der Waals surface area contributed by atoms with Gasteiger partial charge in [0.15, 0.2) is 0 Å². The van der Waals surface area contributed by atoms with Gasteiger partial charge in [-0.05, 0) is 24.7 Å². The summed E-state index contributed by atoms with van der Waals surface area (Å²) in [6.45, 7) is 6.53. The van der Waals surface area contributed by atoms with Crippen molar-refractivity contribution < 1.29 is 9.59 Å². The van der Waals surface area contributed by atoms with Gasteiger partial charge in [0.1, 0.15) is 6.54 Å². The van der Waals surface area contributed by atoms with Gasteiger partial charge >= 0.3 is 0 Å². The number of thioether (sulfide) groups is 1. The molecule has 0 saturated carbocycles. The average Bonchev–Trinajstić information content (AvgIpc) is 3.22. The number of aromatic nitrogens is 2. The lowest BCUT2D eigenvalue weighted by atomic mass is 9.85. The third kappa shape index (κ3) is 4.50. The largest absolute Gasteiger partial charge is 0.358 e. The van der Waals surface area contributed by atoms with E-state index in [4.69, 9.17) is 0 Å². The molecule has 1 aromatic rings. The topological polar surface area (TPSA) is 67.2 Å². The second kappa shape index (κ2) is 7.86. The van der Waals surface area contributed by atoms with E-state index >= 15 is 0 Å². The monoisotopic (exact) mass is 376 g/mol. The van der Waals surface area contributed by atoms with E-state index in [1.807, 2.05) is 6.20 Å². The van der Waals surface area contributed by atoms with Crippen molar-refractivity contribution in [3.63, 3.8) is 0 Å². The van der Waals surface area contributed by atoms with Crippen LogP contribution in [0.1, 0.15) is 38.7 Å². The van der Waals surface area contributed by atoms with Gasteiger partial charge in [0.05, 0.1) is 12.1 Å². The van der Waals surface area contributed by atoms with E-state index in [9.17, 15) is 9.59 Å². The van der Waals surface area contributed by atoms with Crippen molar-refractivity contribution in [3.05, 3.63) is 24.0 Å². The van der Waals surface area contributed by atoms with Crippen LogP contribution in [0.3, 0.4) is 0 Å². The smallest absolute Gasteiger partial charge is 0.241 e. The molecule has 0 aromatic carbocycles. The molecule has 0 spiro atoms. The number of likely N-dealkylation sites (tertiary alicyclic amines) is 1. The maximum atomic E-state index is 12.9. The number of amides is 2. The van der Waals surface area contributed by atoms with Crippen LogP contribution in [0, 0.1) is 11.3 Å². The third-order valence-corrected chi connectivity index (χ3v) is 6.45. The maximum absolute atomic E-state index is 12.9. The molecule has 1 aromatic heterocycles. The predicted molar refractivity (Wildman–Crippen MR) is 104 cm³/mol. The molecular formula is C19H28N4O2S. The first-order valence-electron chi connectivity index (χ1n) is 9.25. The van der Waals surface area contributed by atoms with Crippen LogP contribution in [-0.4, -0.2) is 52.4 Å². The van der Waals surface area contributed by atoms with E-state index in [1.54, 1.807) is 29.7 Å². The number of hydrogen-bond donors (Lipinski definition) is 1. The zero-order chi connectivity index (χ0) is 18.7. The number of carbonyl (C=O) groups excluding carboxylic acids is 2. The van der Waals surface area contributed by atoms with Gasteiger partial charge in [-0.3, -0.25) is 14.3 Å². The molecule has 6 nitrogen and oxygen atoms in total. The van der Waals surface area contributed by atoms with Crippen LogP contribution in [-0.2, 0) is 16.1 Å². The highest BCUT2D eigenvalue weighted by Gasteiger charge is 2.31. The lowest BCUT2D eigenvalue weighted by molar-refractivity contribution is -0.133. The Kier molecular flexibility index (Phi) is 5.75. The summed E-state index contributed by atoms with van der Waals surface area (Å²) in [7, 11) is 1.61. The number of carbonyl (C=O) groups is 2. The van der Waals surface area contributed by atoms with Crippen LogP contribution in [0.5, 0.6) is 0 Å². The fourth-order valence-corrected chi connectivity index (χ4v) is 4.59. The summed E-state index contributed by atoms with van der Waals surface area (Å²) in [6, 6.07) is 0. The van der Waals surface area contributed by atoms with Crippen LogP contribution < -0.4 is 5.32 Å². The summed E-state index contributed by atoms with van der Waals surface area (Å²) in [5, 5.41) is 6.83. The molecule has 3 rings (SSSR count). The first kappa shape index (κ1) is 19.0. The number of nitrogens with zero attached hydrogens (tertiary/aromatic N) is 3. The number of hydrogen-bond acceptors (Lipinski definition) is 4. The Bertz CT molecular complexity index is 710. The van der Waals surface area contributed by atoms with Crippen LogP contribution in [0.15, 0.2) is 18.5 Å². The Labute approximate surface area is 159 Å². The average molecular weight is 377 g/mol. The molecule has 1 unspecified atom stereocenters. The second-order valence-corrected chi connectivity index (χ2v) is 8.95. The van der Waals surface area contributed by atoms with Crippen LogP contribution in [0.2, 0.25) is 0 Å². The summed E-state index contributed by atoms with van der Waals surface area (Å²) in [5.41, 5.74) is 1.31. The van der Waals surface area contributed by atoms with Crippen molar-refractivity contribution in [3.8, 4) is 0 Å². The van der Waals surface area contributed by atoms with Crippen molar-refractivity contribution in [2.24, 2.45) is 11.3 Å². The third-order valence-electron chi connectivity index (χ3n) is 5.24. The van der Waals surface area contributed by atoms with Crippen LogP contribution in [0.25, 0.3) is 4.91 Å². The molecule has 26 heavy (non-hydrogen) atoms. The van der Waals surface area contributed by atoms with Crippen LogP contribution in [0.4, 0.5) is 0 Å². The van der Waals surface area contributed by atoms with Gasteiger partial charge in [0.2, 0.25) is 11.8 Å². The van der Waals surface area contributed by atoms with Gasteiger partial charge in [-0.1, -0.05) is 19.9 Å². The molecule has 2 amide bonds. The quantitative estimate of drug-likeness (QED) is 0.876. The van der Waals surface area contributed by atoms with E-state index in [1.165, 1.54) is 6.42 Å². The van der Waals surface area contributed by atoms with Crippen molar-refractivity contribution in [2.45, 2.75) is 39.7 Å². The molecule has 7 heteroatoms. The molecule has 142 valence electrons. The molecule has 1 saturated heterocycles. The number of likely N-dealkylation sites (N-methyl/N-ethyl adjacent to an activating group) is 1. The Morgan fingerprint density at radius 1 is 1.35 bits per heavy atom. The minimum absolute atomic E-state index is 0.0569. The fourth-order valence-electron chi connectivity index (χ4n) is 3.46. The fraction of sp³-hybridized carbons (Fsp3) is 0.632. The van der Waals surface area contributed by atoms with Gasteiger partial charge in [-0.15, -0.1) is 11.8 Å². The Morgan fingerprint density at radius 3 is 2.92 bits per heavy atom. The minimum Gasteiger partial charge on any atom is -0.358 e. The van der Waals surface area contributed by atoms with Crippen LogP contribution >= 0.6 is 11.8 Å². The number of rotatable bonds is 4. The molecule has 3 heterocycles. The zero-order valence-corrected chi connectivity index (χ0v) is 16.6. The summed E-state index contributed by atoms with van der Waals surface area (Å²) < 4.78 is 1.63. The highest BCUT2D eigenvalue weighted by molar-refractivity contribution is 8.08. The lowest BCUT2D eigenvalue weighted by Gasteiger charge is -2.25. The molecule has 2 aliphatic heterocycles. The standard InChI is InChI=1S/C19H28N4O2S/c1-19(2)5-4-7-22(8-6-19)18(25)14-9-16(26-13-14)15-10-21-23(11-15)12-17(24)20-3/h9-11,14H,4-8,12-13H2,1-3H3,(H,20,24). The SMILES string of the molecule is CNC(=O)Cn1cc(C2=CC(C(=O)N3CCCC(C)(C)CC3)CS2)cn1. The van der Waals surface area contributed by atoms with E-state index in [-0.39, 0.29) is 24.3 Å². The normalized spacial score (nSPS) is 22.7. The Hall–Kier alpha value is -1.76. The van der Waals surface area contributed by atoms with E-state index in [2.05, 4.69) is 35.2 Å². The summed E-state index contributed by atoms with van der Waals surface area (Å²) in [6.07, 6.45) is 9.05. The van der Waals surface area contributed by atoms with E-state index in [0.29, 0.717) is 5.41 Å². The van der Waals surface area contributed by atoms with Gasteiger partial charge in [0, 0.05) is 42.6 Å². The highest BCUT2D eigenvalue weighted by atomic mass is 32.2. The summed E-state index contributed by atoms with van der Waals surface area (Å²) in [5.74, 6) is 0.903. The van der Waals surface area contributed by atoms with Crippen molar-refractivity contribution >= 4 is 28.5 Å². The van der Waals surface area contributed by atoms with E-state index < -0.39 is 0 Å². The van der Waals surface area contributed by atoms with Gasteiger partial charge < -0.3 is 10.2 Å². The van der Waals surface area contributed by atoms with Gasteiger partial charge in [0.25, 0.3) is 0 Å². The molecular weight excluding hydrogens is 348 g/mol. The molecule has 0 bridgehead atoms. The van der Waals surface area contributed by atoms with Gasteiger partial charge in [-0.25, -0.2) is 0 Å². The van der Waals surface area contributed by atoms with E-state index in [0.717, 1.165) is 42.2 Å². The predicted octanol–water partition coefficient (Wildman–Crippen LogP) is 2.37. The Balaban J connectivity index is 1.64. The highest BCUT2D eigenvalue weighted by Crippen LogP contribution is 2.38. The van der Waals surface area contributed by atoms with Crippen molar-refractivity contribution in [2.75, 3.05) is 25.9 Å². The first-order chi connectivity index (χ1) is 12.4.